The third-order valence-corrected chi connectivity index (χ3v) is 5.31. The number of halogens is 1. The highest BCUT2D eigenvalue weighted by Gasteiger charge is 2.42. The molecule has 1 amide bonds. The summed E-state index contributed by atoms with van der Waals surface area (Å²) in [5.74, 6) is -1.10. The average molecular weight is 351 g/mol. The molecule has 1 aromatic heterocycles. The normalized spacial score (nSPS) is 20.7. The minimum Gasteiger partial charge on any atom is -0.481 e. The van der Waals surface area contributed by atoms with Gasteiger partial charge >= 0.3 is 5.97 Å². The molecule has 1 fully saturated rings. The zero-order chi connectivity index (χ0) is 16.6. The molecular formula is C16H15ClN2O3S. The number of carboxylic acid groups (broad SMARTS) is 1. The Morgan fingerprint density at radius 2 is 2.13 bits per heavy atom. The molecular weight excluding hydrogens is 336 g/mol. The van der Waals surface area contributed by atoms with Crippen LogP contribution in [-0.2, 0) is 4.79 Å². The van der Waals surface area contributed by atoms with E-state index in [4.69, 9.17) is 11.6 Å². The number of nitrogens with zero attached hydrogens (tertiary/aromatic N) is 2. The molecule has 1 N–H and O–H groups in total. The van der Waals surface area contributed by atoms with Gasteiger partial charge in [0.25, 0.3) is 5.91 Å². The van der Waals surface area contributed by atoms with Gasteiger partial charge in [-0.15, -0.1) is 11.3 Å². The molecule has 23 heavy (non-hydrogen) atoms. The van der Waals surface area contributed by atoms with Crippen LogP contribution in [0, 0.1) is 5.41 Å². The second-order valence-corrected chi connectivity index (χ2v) is 7.13. The lowest BCUT2D eigenvalue weighted by Crippen LogP contribution is -2.35. The highest BCUT2D eigenvalue weighted by atomic mass is 35.5. The Kier molecular flexibility index (Phi) is 4.12. The van der Waals surface area contributed by atoms with E-state index in [1.807, 2.05) is 18.2 Å². The van der Waals surface area contributed by atoms with E-state index in [2.05, 4.69) is 4.98 Å². The maximum absolute atomic E-state index is 12.5. The van der Waals surface area contributed by atoms with Crippen molar-refractivity contribution in [3.8, 4) is 10.6 Å². The number of aliphatic carboxylic acids is 1. The maximum Gasteiger partial charge on any atom is 0.311 e. The third-order valence-electron chi connectivity index (χ3n) is 4.10. The molecule has 5 nitrogen and oxygen atoms in total. The lowest BCUT2D eigenvalue weighted by molar-refractivity contribution is -0.147. The fourth-order valence-electron chi connectivity index (χ4n) is 2.60. The minimum atomic E-state index is -0.878. The van der Waals surface area contributed by atoms with Crippen LogP contribution in [0.5, 0.6) is 0 Å². The van der Waals surface area contributed by atoms with Crippen molar-refractivity contribution in [2.24, 2.45) is 5.41 Å². The lowest BCUT2D eigenvalue weighted by atomic mass is 9.90. The van der Waals surface area contributed by atoms with Crippen molar-refractivity contribution >= 4 is 34.8 Å². The summed E-state index contributed by atoms with van der Waals surface area (Å²) in [6.45, 7) is 2.31. The van der Waals surface area contributed by atoms with Gasteiger partial charge in [-0.3, -0.25) is 9.59 Å². The molecule has 0 bridgehead atoms. The molecule has 120 valence electrons. The van der Waals surface area contributed by atoms with Gasteiger partial charge in [-0.1, -0.05) is 29.8 Å². The molecule has 1 aliphatic heterocycles. The summed E-state index contributed by atoms with van der Waals surface area (Å²) in [5.41, 5.74) is 0.242. The largest absolute Gasteiger partial charge is 0.481 e. The summed E-state index contributed by atoms with van der Waals surface area (Å²) < 4.78 is 0. The number of carboxylic acids is 1. The van der Waals surface area contributed by atoms with Gasteiger partial charge in [0.05, 0.1) is 10.4 Å². The SMILES string of the molecule is C[C@@]1(C(=O)O)CCN(C(=O)c2csc(-c3ccccc3Cl)n2)C1. The van der Waals surface area contributed by atoms with E-state index >= 15 is 0 Å². The lowest BCUT2D eigenvalue weighted by Gasteiger charge is -2.19. The van der Waals surface area contributed by atoms with Crippen molar-refractivity contribution in [2.45, 2.75) is 13.3 Å². The number of rotatable bonds is 3. The Morgan fingerprint density at radius 3 is 2.78 bits per heavy atom. The Morgan fingerprint density at radius 1 is 1.39 bits per heavy atom. The molecule has 1 aromatic carbocycles. The van der Waals surface area contributed by atoms with Crippen LogP contribution < -0.4 is 0 Å². The number of benzene rings is 1. The monoisotopic (exact) mass is 350 g/mol. The van der Waals surface area contributed by atoms with Crippen LogP contribution in [0.25, 0.3) is 10.6 Å². The summed E-state index contributed by atoms with van der Waals surface area (Å²) in [5, 5.41) is 12.2. The number of aromatic nitrogens is 1. The minimum absolute atomic E-state index is 0.208. The van der Waals surface area contributed by atoms with Gasteiger partial charge in [-0.05, 0) is 19.4 Å². The standard InChI is InChI=1S/C16H15ClN2O3S/c1-16(15(21)22)6-7-19(9-16)14(20)12-8-23-13(18-12)10-4-2-3-5-11(10)17/h2-5,8H,6-7,9H2,1H3,(H,21,22)/t16-/m1/s1. The van der Waals surface area contributed by atoms with Gasteiger partial charge in [-0.25, -0.2) is 4.98 Å². The quantitative estimate of drug-likeness (QED) is 0.921. The van der Waals surface area contributed by atoms with Crippen molar-refractivity contribution in [2.75, 3.05) is 13.1 Å². The first-order valence-electron chi connectivity index (χ1n) is 7.14. The van der Waals surface area contributed by atoms with Crippen molar-refractivity contribution in [1.82, 2.24) is 9.88 Å². The van der Waals surface area contributed by atoms with E-state index in [9.17, 15) is 14.7 Å². The van der Waals surface area contributed by atoms with Crippen LogP contribution in [0.4, 0.5) is 0 Å². The van der Waals surface area contributed by atoms with E-state index in [1.165, 1.54) is 11.3 Å². The molecule has 1 aliphatic rings. The number of carbonyl (C=O) groups is 2. The molecule has 1 atom stereocenters. The Bertz CT molecular complexity index is 776. The first-order chi connectivity index (χ1) is 10.9. The molecule has 1 saturated heterocycles. The van der Waals surface area contributed by atoms with Gasteiger partial charge in [-0.2, -0.15) is 0 Å². The second kappa shape index (κ2) is 5.94. The fraction of sp³-hybridized carbons (Fsp3) is 0.312. The van der Waals surface area contributed by atoms with Gasteiger partial charge in [0.2, 0.25) is 0 Å². The number of thiazole rings is 1. The van der Waals surface area contributed by atoms with E-state index in [-0.39, 0.29) is 12.5 Å². The summed E-state index contributed by atoms with van der Waals surface area (Å²) in [6, 6.07) is 7.33. The van der Waals surface area contributed by atoms with Gasteiger partial charge < -0.3 is 10.0 Å². The number of hydrogen-bond donors (Lipinski definition) is 1. The Hall–Kier alpha value is -1.92. The van der Waals surface area contributed by atoms with Gasteiger partial charge in [0.15, 0.2) is 0 Å². The van der Waals surface area contributed by atoms with Crippen molar-refractivity contribution in [1.29, 1.82) is 0 Å². The van der Waals surface area contributed by atoms with Crippen molar-refractivity contribution in [3.05, 3.63) is 40.4 Å². The first kappa shape index (κ1) is 16.0. The predicted molar refractivity (Wildman–Crippen MR) is 88.8 cm³/mol. The third kappa shape index (κ3) is 2.96. The molecule has 7 heteroatoms. The highest BCUT2D eigenvalue weighted by molar-refractivity contribution is 7.13. The van der Waals surface area contributed by atoms with Crippen molar-refractivity contribution in [3.63, 3.8) is 0 Å². The fourth-order valence-corrected chi connectivity index (χ4v) is 3.72. The first-order valence-corrected chi connectivity index (χ1v) is 8.39. The number of likely N-dealkylation sites (tertiary alicyclic amines) is 1. The molecule has 0 unspecified atom stereocenters. The second-order valence-electron chi connectivity index (χ2n) is 5.86. The molecule has 2 aromatic rings. The van der Waals surface area contributed by atoms with Crippen LogP contribution in [0.3, 0.4) is 0 Å². The summed E-state index contributed by atoms with van der Waals surface area (Å²) in [7, 11) is 0. The zero-order valence-electron chi connectivity index (χ0n) is 12.5. The molecule has 0 aliphatic carbocycles. The van der Waals surface area contributed by atoms with Gasteiger partial charge in [0.1, 0.15) is 10.7 Å². The van der Waals surface area contributed by atoms with Gasteiger partial charge in [0, 0.05) is 24.0 Å². The molecule has 0 saturated carbocycles. The van der Waals surface area contributed by atoms with Crippen LogP contribution >= 0.6 is 22.9 Å². The van der Waals surface area contributed by atoms with Crippen molar-refractivity contribution < 1.29 is 14.7 Å². The predicted octanol–water partition coefficient (Wildman–Crippen LogP) is 3.40. The number of hydrogen-bond acceptors (Lipinski definition) is 4. The molecule has 0 spiro atoms. The Balaban J connectivity index is 1.80. The smallest absolute Gasteiger partial charge is 0.311 e. The van der Waals surface area contributed by atoms with Crippen LogP contribution in [0.15, 0.2) is 29.6 Å². The molecule has 3 rings (SSSR count). The van der Waals surface area contributed by atoms with Crippen LogP contribution in [0.1, 0.15) is 23.8 Å². The molecule has 2 heterocycles. The van der Waals surface area contributed by atoms with E-state index in [0.717, 1.165) is 5.56 Å². The van der Waals surface area contributed by atoms with E-state index in [0.29, 0.717) is 28.7 Å². The molecule has 0 radical (unpaired) electrons. The maximum atomic E-state index is 12.5. The number of amides is 1. The summed E-state index contributed by atoms with van der Waals surface area (Å²) in [4.78, 5) is 29.7. The highest BCUT2D eigenvalue weighted by Crippen LogP contribution is 2.33. The Labute approximate surface area is 142 Å². The van der Waals surface area contributed by atoms with Crippen LogP contribution in [-0.4, -0.2) is 40.0 Å². The summed E-state index contributed by atoms with van der Waals surface area (Å²) >= 11 is 7.50. The number of carbonyl (C=O) groups excluding carboxylic acids is 1. The van der Waals surface area contributed by atoms with E-state index < -0.39 is 11.4 Å². The topological polar surface area (TPSA) is 70.5 Å². The zero-order valence-corrected chi connectivity index (χ0v) is 14.0. The summed E-state index contributed by atoms with van der Waals surface area (Å²) in [6.07, 6.45) is 0.454. The van der Waals surface area contributed by atoms with E-state index in [1.54, 1.807) is 23.3 Å². The van der Waals surface area contributed by atoms with Crippen LogP contribution in [0.2, 0.25) is 5.02 Å². The average Bonchev–Trinajstić information content (AvgIpc) is 3.15.